The molecule has 0 fully saturated rings. The van der Waals surface area contributed by atoms with Crippen molar-refractivity contribution in [1.82, 2.24) is 9.38 Å². The fourth-order valence-electron chi connectivity index (χ4n) is 1.58. The molecule has 0 saturated heterocycles. The molecular formula is C11H13N3O4S. The molecule has 7 nitrogen and oxygen atoms in total. The molecule has 2 N–H and O–H groups in total. The summed E-state index contributed by atoms with van der Waals surface area (Å²) >= 11 is 1.20. The number of hydrogen-bond donors (Lipinski definition) is 1. The molecule has 0 bridgehead atoms. The van der Waals surface area contributed by atoms with Gasteiger partial charge in [0.05, 0.1) is 13.2 Å². The summed E-state index contributed by atoms with van der Waals surface area (Å²) in [6.07, 6.45) is 0. The van der Waals surface area contributed by atoms with Gasteiger partial charge in [0.25, 0.3) is 0 Å². The van der Waals surface area contributed by atoms with Crippen LogP contribution in [-0.4, -0.2) is 34.5 Å². The normalized spacial score (nSPS) is 10.6. The minimum atomic E-state index is -0.606. The van der Waals surface area contributed by atoms with Gasteiger partial charge >= 0.3 is 11.9 Å². The average molecular weight is 283 g/mol. The van der Waals surface area contributed by atoms with E-state index in [4.69, 9.17) is 15.2 Å². The second-order valence-corrected chi connectivity index (χ2v) is 4.36. The van der Waals surface area contributed by atoms with E-state index in [1.165, 1.54) is 15.7 Å². The van der Waals surface area contributed by atoms with E-state index in [1.54, 1.807) is 19.2 Å². The number of fused-ring (bicyclic) bond motifs is 1. The number of ether oxygens (including phenoxy) is 2. The number of anilines is 1. The first-order valence-electron chi connectivity index (χ1n) is 5.69. The lowest BCUT2D eigenvalue weighted by Crippen LogP contribution is -2.11. The van der Waals surface area contributed by atoms with Crippen molar-refractivity contribution >= 4 is 34.1 Å². The number of aromatic nitrogens is 2. The maximum atomic E-state index is 11.7. The maximum Gasteiger partial charge on any atom is 0.360 e. The van der Waals surface area contributed by atoms with Crippen molar-refractivity contribution in [3.63, 3.8) is 0 Å². The Morgan fingerprint density at radius 2 is 1.95 bits per heavy atom. The Bertz CT molecular complexity index is 631. The van der Waals surface area contributed by atoms with E-state index < -0.39 is 11.9 Å². The van der Waals surface area contributed by atoms with E-state index in [1.807, 2.05) is 0 Å². The highest BCUT2D eigenvalue weighted by atomic mass is 32.1. The fourth-order valence-corrected chi connectivity index (χ4v) is 2.44. The molecule has 0 saturated carbocycles. The molecule has 0 spiro atoms. The lowest BCUT2D eigenvalue weighted by molar-refractivity contribution is 0.0507. The molecule has 2 aromatic heterocycles. The van der Waals surface area contributed by atoms with E-state index in [2.05, 4.69) is 4.98 Å². The zero-order valence-corrected chi connectivity index (χ0v) is 11.3. The highest BCUT2D eigenvalue weighted by molar-refractivity contribution is 7.15. The molecule has 0 aromatic carbocycles. The maximum absolute atomic E-state index is 11.7. The van der Waals surface area contributed by atoms with Gasteiger partial charge in [-0.15, -0.1) is 11.3 Å². The van der Waals surface area contributed by atoms with Crippen LogP contribution < -0.4 is 5.73 Å². The lowest BCUT2D eigenvalue weighted by Gasteiger charge is -2.02. The summed E-state index contributed by atoms with van der Waals surface area (Å²) in [5.74, 6) is -1.03. The topological polar surface area (TPSA) is 95.9 Å². The van der Waals surface area contributed by atoms with Crippen molar-refractivity contribution in [3.05, 3.63) is 16.8 Å². The second-order valence-electron chi connectivity index (χ2n) is 3.53. The first-order chi connectivity index (χ1) is 9.10. The predicted molar refractivity (Wildman–Crippen MR) is 69.4 cm³/mol. The number of imidazole rings is 1. The van der Waals surface area contributed by atoms with E-state index in [0.717, 1.165) is 0 Å². The molecule has 0 radical (unpaired) electrons. The highest BCUT2D eigenvalue weighted by Gasteiger charge is 2.23. The van der Waals surface area contributed by atoms with Gasteiger partial charge in [0, 0.05) is 5.38 Å². The summed E-state index contributed by atoms with van der Waals surface area (Å²) in [5, 5.41) is 1.59. The summed E-state index contributed by atoms with van der Waals surface area (Å²) in [6, 6.07) is 0. The Hall–Kier alpha value is -2.09. The van der Waals surface area contributed by atoms with Crippen LogP contribution in [0.25, 0.3) is 4.96 Å². The first kappa shape index (κ1) is 13.3. The Balaban J connectivity index is 2.48. The van der Waals surface area contributed by atoms with Crippen molar-refractivity contribution in [2.45, 2.75) is 13.8 Å². The largest absolute Gasteiger partial charge is 0.461 e. The smallest absolute Gasteiger partial charge is 0.360 e. The zero-order chi connectivity index (χ0) is 14.0. The number of carbonyl (C=O) groups is 2. The summed E-state index contributed by atoms with van der Waals surface area (Å²) in [7, 11) is 0. The van der Waals surface area contributed by atoms with E-state index in [0.29, 0.717) is 4.96 Å². The molecule has 2 rings (SSSR count). The van der Waals surface area contributed by atoms with Gasteiger partial charge in [-0.2, -0.15) is 0 Å². The van der Waals surface area contributed by atoms with Gasteiger partial charge in [-0.3, -0.25) is 4.40 Å². The summed E-state index contributed by atoms with van der Waals surface area (Å²) < 4.78 is 11.2. The SMILES string of the molecule is CCOC(=O)c1nc2scc(C(=O)OCC)n2c1N. The molecule has 2 aromatic rings. The Labute approximate surface area is 112 Å². The van der Waals surface area contributed by atoms with Gasteiger partial charge in [0.1, 0.15) is 11.5 Å². The second kappa shape index (κ2) is 5.27. The van der Waals surface area contributed by atoms with Crippen LogP contribution in [-0.2, 0) is 9.47 Å². The Morgan fingerprint density at radius 1 is 1.32 bits per heavy atom. The third kappa shape index (κ3) is 2.26. The van der Waals surface area contributed by atoms with Crippen LogP contribution >= 0.6 is 11.3 Å². The minimum Gasteiger partial charge on any atom is -0.461 e. The number of hydrogen-bond acceptors (Lipinski definition) is 7. The number of nitrogens with two attached hydrogens (primary N) is 1. The van der Waals surface area contributed by atoms with Crippen LogP contribution in [0.2, 0.25) is 0 Å². The quantitative estimate of drug-likeness (QED) is 0.850. The van der Waals surface area contributed by atoms with Crippen LogP contribution in [0.15, 0.2) is 5.38 Å². The van der Waals surface area contributed by atoms with Crippen molar-refractivity contribution < 1.29 is 19.1 Å². The summed E-state index contributed by atoms with van der Waals surface area (Å²) in [4.78, 5) is 27.9. The summed E-state index contributed by atoms with van der Waals surface area (Å²) in [6.45, 7) is 3.89. The number of nitrogens with zero attached hydrogens (tertiary/aromatic N) is 2. The van der Waals surface area contributed by atoms with E-state index in [9.17, 15) is 9.59 Å². The number of rotatable bonds is 4. The first-order valence-corrected chi connectivity index (χ1v) is 6.57. The van der Waals surface area contributed by atoms with Crippen LogP contribution in [0.1, 0.15) is 34.8 Å². The molecule has 19 heavy (non-hydrogen) atoms. The molecular weight excluding hydrogens is 270 g/mol. The number of nitrogen functional groups attached to an aromatic ring is 1. The molecule has 0 amide bonds. The molecule has 0 atom stereocenters. The molecule has 0 aliphatic heterocycles. The minimum absolute atomic E-state index is 0.0132. The van der Waals surface area contributed by atoms with Crippen molar-refractivity contribution in [2.24, 2.45) is 0 Å². The van der Waals surface area contributed by atoms with Gasteiger partial charge in [-0.25, -0.2) is 14.6 Å². The van der Waals surface area contributed by atoms with Gasteiger partial charge < -0.3 is 15.2 Å². The van der Waals surface area contributed by atoms with Crippen molar-refractivity contribution in [3.8, 4) is 0 Å². The third-order valence-electron chi connectivity index (χ3n) is 2.35. The molecule has 2 heterocycles. The third-order valence-corrected chi connectivity index (χ3v) is 3.18. The fraction of sp³-hybridized carbons (Fsp3) is 0.364. The molecule has 8 heteroatoms. The van der Waals surface area contributed by atoms with E-state index >= 15 is 0 Å². The van der Waals surface area contributed by atoms with Gasteiger partial charge in [0.2, 0.25) is 0 Å². The van der Waals surface area contributed by atoms with E-state index in [-0.39, 0.29) is 30.4 Å². The predicted octanol–water partition coefficient (Wildman–Crippen LogP) is 1.33. The number of thiazole rings is 1. The summed E-state index contributed by atoms with van der Waals surface area (Å²) in [5.41, 5.74) is 6.11. The molecule has 0 aliphatic carbocycles. The van der Waals surface area contributed by atoms with Crippen molar-refractivity contribution in [1.29, 1.82) is 0 Å². The average Bonchev–Trinajstić information content (AvgIpc) is 2.91. The van der Waals surface area contributed by atoms with Crippen LogP contribution in [0, 0.1) is 0 Å². The number of carbonyl (C=O) groups excluding carboxylic acids is 2. The molecule has 102 valence electrons. The van der Waals surface area contributed by atoms with Gasteiger partial charge in [-0.1, -0.05) is 0 Å². The monoisotopic (exact) mass is 283 g/mol. The highest BCUT2D eigenvalue weighted by Crippen LogP contribution is 2.24. The van der Waals surface area contributed by atoms with Crippen molar-refractivity contribution in [2.75, 3.05) is 18.9 Å². The number of esters is 2. The van der Waals surface area contributed by atoms with Crippen LogP contribution in [0.3, 0.4) is 0 Å². The standard InChI is InChI=1S/C11H13N3O4S/c1-3-17-9(15)6-5-19-11-13-7(8(12)14(6)11)10(16)18-4-2/h5H,3-4,12H2,1-2H3. The molecule has 0 aliphatic rings. The van der Waals surface area contributed by atoms with Gasteiger partial charge in [0.15, 0.2) is 10.7 Å². The van der Waals surface area contributed by atoms with Crippen LogP contribution in [0.5, 0.6) is 0 Å². The Morgan fingerprint density at radius 3 is 2.58 bits per heavy atom. The molecule has 0 unspecified atom stereocenters. The Kier molecular flexibility index (Phi) is 3.70. The van der Waals surface area contributed by atoms with Gasteiger partial charge in [-0.05, 0) is 13.8 Å². The lowest BCUT2D eigenvalue weighted by atomic mass is 10.4. The van der Waals surface area contributed by atoms with Crippen LogP contribution in [0.4, 0.5) is 5.82 Å². The zero-order valence-electron chi connectivity index (χ0n) is 10.5.